The first kappa shape index (κ1) is 14.9. The Morgan fingerprint density at radius 2 is 2.11 bits per heavy atom. The molecule has 0 fully saturated rings. The zero-order valence-electron chi connectivity index (χ0n) is 10.1. The van der Waals surface area contributed by atoms with Gasteiger partial charge in [0.2, 0.25) is 0 Å². The van der Waals surface area contributed by atoms with E-state index in [0.717, 1.165) is 12.1 Å². The number of esters is 1. The Morgan fingerprint density at radius 1 is 1.44 bits per heavy atom. The van der Waals surface area contributed by atoms with Crippen molar-refractivity contribution in [2.45, 2.75) is 26.3 Å². The van der Waals surface area contributed by atoms with Crippen molar-refractivity contribution in [3.8, 4) is 0 Å². The lowest BCUT2D eigenvalue weighted by atomic mass is 10.2. The van der Waals surface area contributed by atoms with Crippen molar-refractivity contribution in [1.82, 2.24) is 0 Å². The highest BCUT2D eigenvalue weighted by Gasteiger charge is 2.20. The molecule has 0 bridgehead atoms. The second-order valence-electron chi connectivity index (χ2n) is 3.60. The van der Waals surface area contributed by atoms with Gasteiger partial charge < -0.3 is 10.1 Å². The number of carbonyl (C=O) groups excluding carboxylic acids is 1. The lowest BCUT2D eigenvalue weighted by molar-refractivity contribution is -0.144. The largest absolute Gasteiger partial charge is 0.464 e. The van der Waals surface area contributed by atoms with Crippen molar-refractivity contribution in [3.63, 3.8) is 0 Å². The highest BCUT2D eigenvalue weighted by atomic mass is 79.9. The summed E-state index contributed by atoms with van der Waals surface area (Å²) in [7, 11) is 0. The van der Waals surface area contributed by atoms with Crippen LogP contribution in [-0.4, -0.2) is 18.6 Å². The van der Waals surface area contributed by atoms with Crippen LogP contribution < -0.4 is 5.32 Å². The SMILES string of the molecule is CCOC(=O)C(CC)Nc1c(F)cc(F)cc1Br. The first-order chi connectivity index (χ1) is 8.49. The highest BCUT2D eigenvalue weighted by Crippen LogP contribution is 2.27. The van der Waals surface area contributed by atoms with E-state index in [2.05, 4.69) is 21.2 Å². The fourth-order valence-corrected chi connectivity index (χ4v) is 1.95. The third kappa shape index (κ3) is 3.66. The number of carbonyl (C=O) groups is 1. The quantitative estimate of drug-likeness (QED) is 0.844. The van der Waals surface area contributed by atoms with Gasteiger partial charge in [0.1, 0.15) is 17.7 Å². The molecule has 1 aromatic rings. The van der Waals surface area contributed by atoms with Crippen LogP contribution >= 0.6 is 15.9 Å². The minimum atomic E-state index is -0.760. The Balaban J connectivity index is 2.92. The van der Waals surface area contributed by atoms with E-state index in [9.17, 15) is 13.6 Å². The van der Waals surface area contributed by atoms with Gasteiger partial charge in [0.05, 0.1) is 12.3 Å². The lowest BCUT2D eigenvalue weighted by Gasteiger charge is -2.18. The Hall–Kier alpha value is -1.17. The average molecular weight is 322 g/mol. The summed E-state index contributed by atoms with van der Waals surface area (Å²) in [5.41, 5.74) is 0.0521. The summed E-state index contributed by atoms with van der Waals surface area (Å²) in [6.07, 6.45) is 0.433. The molecule has 1 aromatic carbocycles. The van der Waals surface area contributed by atoms with Crippen LogP contribution in [0.3, 0.4) is 0 Å². The molecule has 18 heavy (non-hydrogen) atoms. The molecule has 6 heteroatoms. The molecule has 0 amide bonds. The molecule has 0 aliphatic heterocycles. The number of benzene rings is 1. The normalized spacial score (nSPS) is 12.1. The molecular weight excluding hydrogens is 308 g/mol. The molecule has 1 unspecified atom stereocenters. The molecule has 0 radical (unpaired) electrons. The second-order valence-corrected chi connectivity index (χ2v) is 4.46. The lowest BCUT2D eigenvalue weighted by Crippen LogP contribution is -2.31. The third-order valence-corrected chi connectivity index (χ3v) is 2.93. The van der Waals surface area contributed by atoms with Gasteiger partial charge in [0, 0.05) is 10.5 Å². The van der Waals surface area contributed by atoms with E-state index in [-0.39, 0.29) is 16.8 Å². The summed E-state index contributed by atoms with van der Waals surface area (Å²) in [5.74, 6) is -1.91. The van der Waals surface area contributed by atoms with Gasteiger partial charge in [-0.25, -0.2) is 13.6 Å². The zero-order chi connectivity index (χ0) is 13.7. The summed E-state index contributed by atoms with van der Waals surface area (Å²) in [6.45, 7) is 3.72. The number of rotatable bonds is 5. The average Bonchev–Trinajstić information content (AvgIpc) is 2.28. The summed E-state index contributed by atoms with van der Waals surface area (Å²) in [4.78, 5) is 11.6. The first-order valence-electron chi connectivity index (χ1n) is 5.57. The summed E-state index contributed by atoms with van der Waals surface area (Å²) in [5, 5.41) is 2.71. The van der Waals surface area contributed by atoms with E-state index in [1.54, 1.807) is 13.8 Å². The number of nitrogens with one attached hydrogen (secondary N) is 1. The van der Waals surface area contributed by atoms with Crippen molar-refractivity contribution in [1.29, 1.82) is 0 Å². The molecule has 0 saturated carbocycles. The number of halogens is 3. The zero-order valence-corrected chi connectivity index (χ0v) is 11.7. The van der Waals surface area contributed by atoms with Crippen molar-refractivity contribution in [3.05, 3.63) is 28.2 Å². The molecule has 0 aliphatic carbocycles. The van der Waals surface area contributed by atoms with Crippen LogP contribution in [0.4, 0.5) is 14.5 Å². The predicted molar refractivity (Wildman–Crippen MR) is 68.4 cm³/mol. The maximum absolute atomic E-state index is 13.6. The maximum atomic E-state index is 13.6. The van der Waals surface area contributed by atoms with E-state index in [1.165, 1.54) is 0 Å². The van der Waals surface area contributed by atoms with Gasteiger partial charge in [-0.1, -0.05) is 6.92 Å². The summed E-state index contributed by atoms with van der Waals surface area (Å²) in [6, 6.07) is 1.22. The van der Waals surface area contributed by atoms with Crippen LogP contribution in [0.5, 0.6) is 0 Å². The minimum Gasteiger partial charge on any atom is -0.464 e. The van der Waals surface area contributed by atoms with Gasteiger partial charge in [0.25, 0.3) is 0 Å². The molecule has 3 nitrogen and oxygen atoms in total. The summed E-state index contributed by atoms with van der Waals surface area (Å²) >= 11 is 3.05. The Labute approximate surface area is 113 Å². The van der Waals surface area contributed by atoms with Gasteiger partial charge in [-0.3, -0.25) is 0 Å². The molecule has 1 N–H and O–H groups in total. The van der Waals surface area contributed by atoms with E-state index in [1.807, 2.05) is 0 Å². The number of hydrogen-bond acceptors (Lipinski definition) is 3. The molecular formula is C12H14BrF2NO2. The van der Waals surface area contributed by atoms with Crippen LogP contribution in [0, 0.1) is 11.6 Å². The molecule has 100 valence electrons. The van der Waals surface area contributed by atoms with Gasteiger partial charge in [-0.05, 0) is 35.3 Å². The number of anilines is 1. The molecule has 0 aromatic heterocycles. The molecule has 0 heterocycles. The molecule has 1 rings (SSSR count). The molecule has 1 atom stereocenters. The molecule has 0 saturated heterocycles. The van der Waals surface area contributed by atoms with Crippen molar-refractivity contribution in [2.24, 2.45) is 0 Å². The van der Waals surface area contributed by atoms with Crippen LogP contribution in [0.2, 0.25) is 0 Å². The van der Waals surface area contributed by atoms with Gasteiger partial charge >= 0.3 is 5.97 Å². The summed E-state index contributed by atoms with van der Waals surface area (Å²) < 4.78 is 31.6. The topological polar surface area (TPSA) is 38.3 Å². The molecule has 0 spiro atoms. The monoisotopic (exact) mass is 321 g/mol. The van der Waals surface area contributed by atoms with E-state index >= 15 is 0 Å². The van der Waals surface area contributed by atoms with Crippen LogP contribution in [0.1, 0.15) is 20.3 Å². The van der Waals surface area contributed by atoms with Gasteiger partial charge in [0.15, 0.2) is 0 Å². The fraction of sp³-hybridized carbons (Fsp3) is 0.417. The fourth-order valence-electron chi connectivity index (χ4n) is 1.42. The first-order valence-corrected chi connectivity index (χ1v) is 6.36. The Bertz CT molecular complexity index is 417. The van der Waals surface area contributed by atoms with Crippen molar-refractivity contribution in [2.75, 3.05) is 11.9 Å². The number of ether oxygens (including phenoxy) is 1. The highest BCUT2D eigenvalue weighted by molar-refractivity contribution is 9.10. The van der Waals surface area contributed by atoms with E-state index in [0.29, 0.717) is 6.42 Å². The van der Waals surface area contributed by atoms with Crippen LogP contribution in [-0.2, 0) is 9.53 Å². The molecule has 0 aliphatic rings. The van der Waals surface area contributed by atoms with Crippen LogP contribution in [0.25, 0.3) is 0 Å². The Morgan fingerprint density at radius 3 is 2.61 bits per heavy atom. The standard InChI is InChI=1S/C12H14BrF2NO2/c1-3-10(12(17)18-4-2)16-11-8(13)5-7(14)6-9(11)15/h5-6,10,16H,3-4H2,1-2H3. The van der Waals surface area contributed by atoms with Crippen molar-refractivity contribution >= 4 is 27.6 Å². The van der Waals surface area contributed by atoms with Gasteiger partial charge in [-0.15, -0.1) is 0 Å². The minimum absolute atomic E-state index is 0.0521. The second kappa shape index (κ2) is 6.68. The van der Waals surface area contributed by atoms with E-state index < -0.39 is 23.6 Å². The Kier molecular flexibility index (Phi) is 5.53. The smallest absolute Gasteiger partial charge is 0.328 e. The van der Waals surface area contributed by atoms with Crippen molar-refractivity contribution < 1.29 is 18.3 Å². The van der Waals surface area contributed by atoms with Gasteiger partial charge in [-0.2, -0.15) is 0 Å². The predicted octanol–water partition coefficient (Wildman–Crippen LogP) is 3.48. The number of hydrogen-bond donors (Lipinski definition) is 1. The third-order valence-electron chi connectivity index (χ3n) is 2.30. The maximum Gasteiger partial charge on any atom is 0.328 e. The van der Waals surface area contributed by atoms with Crippen LogP contribution in [0.15, 0.2) is 16.6 Å². The van der Waals surface area contributed by atoms with E-state index in [4.69, 9.17) is 4.74 Å².